The topological polar surface area (TPSA) is 61.4 Å². The Balaban J connectivity index is 1.57. The monoisotopic (exact) mass is 343 g/mol. The Kier molecular flexibility index (Phi) is 5.95. The van der Waals surface area contributed by atoms with Crippen molar-refractivity contribution >= 4 is 17.5 Å². The molecule has 0 aromatic heterocycles. The van der Waals surface area contributed by atoms with Crippen LogP contribution in [0.15, 0.2) is 24.3 Å². The molecule has 0 unspecified atom stereocenters. The molecule has 5 heteroatoms. The minimum Gasteiger partial charge on any atom is -0.371 e. The standard InChI is InChI=1S/C20H29N3O2/c1-2-12-21-20(25)17-8-3-4-9-18(17)23-13-10-16(11-14-23)22-19(24)15-6-5-7-15/h3-4,8-9,15-16H,2,5-7,10-14H2,1H3,(H,21,25)(H,22,24). The molecule has 2 fully saturated rings. The molecule has 1 aromatic rings. The number of rotatable bonds is 6. The zero-order valence-corrected chi connectivity index (χ0v) is 15.1. The molecule has 25 heavy (non-hydrogen) atoms. The Morgan fingerprint density at radius 2 is 1.84 bits per heavy atom. The van der Waals surface area contributed by atoms with Crippen LogP contribution < -0.4 is 15.5 Å². The first-order valence-corrected chi connectivity index (χ1v) is 9.61. The van der Waals surface area contributed by atoms with E-state index in [1.165, 1.54) is 6.42 Å². The molecule has 2 amide bonds. The summed E-state index contributed by atoms with van der Waals surface area (Å²) < 4.78 is 0. The number of piperidine rings is 1. The van der Waals surface area contributed by atoms with E-state index in [1.54, 1.807) is 0 Å². The van der Waals surface area contributed by atoms with E-state index in [2.05, 4.69) is 22.5 Å². The Morgan fingerprint density at radius 3 is 2.48 bits per heavy atom. The fourth-order valence-electron chi connectivity index (χ4n) is 3.53. The van der Waals surface area contributed by atoms with Gasteiger partial charge in [0, 0.05) is 37.3 Å². The lowest BCUT2D eigenvalue weighted by Crippen LogP contribution is -2.47. The maximum absolute atomic E-state index is 12.4. The van der Waals surface area contributed by atoms with Crippen molar-refractivity contribution in [2.45, 2.75) is 51.5 Å². The third-order valence-corrected chi connectivity index (χ3v) is 5.34. The van der Waals surface area contributed by atoms with Crippen LogP contribution in [0.4, 0.5) is 5.69 Å². The number of carbonyl (C=O) groups is 2. The van der Waals surface area contributed by atoms with E-state index >= 15 is 0 Å². The number of anilines is 1. The maximum atomic E-state index is 12.4. The number of hydrogen-bond donors (Lipinski definition) is 2. The molecular formula is C20H29N3O2. The zero-order valence-electron chi connectivity index (χ0n) is 15.1. The van der Waals surface area contributed by atoms with E-state index in [9.17, 15) is 9.59 Å². The van der Waals surface area contributed by atoms with E-state index in [4.69, 9.17) is 0 Å². The first kappa shape index (κ1) is 17.8. The van der Waals surface area contributed by atoms with Crippen molar-refractivity contribution in [1.29, 1.82) is 0 Å². The fraction of sp³-hybridized carbons (Fsp3) is 0.600. The van der Waals surface area contributed by atoms with Gasteiger partial charge in [-0.25, -0.2) is 0 Å². The Morgan fingerprint density at radius 1 is 1.12 bits per heavy atom. The predicted octanol–water partition coefficient (Wildman–Crippen LogP) is 2.71. The molecule has 5 nitrogen and oxygen atoms in total. The zero-order chi connectivity index (χ0) is 17.6. The molecule has 0 bridgehead atoms. The van der Waals surface area contributed by atoms with Gasteiger partial charge in [-0.1, -0.05) is 25.5 Å². The molecule has 2 aliphatic rings. The largest absolute Gasteiger partial charge is 0.371 e. The van der Waals surface area contributed by atoms with Crippen molar-refractivity contribution in [2.75, 3.05) is 24.5 Å². The van der Waals surface area contributed by atoms with Gasteiger partial charge in [0.05, 0.1) is 5.56 Å². The second-order valence-electron chi connectivity index (χ2n) is 7.17. The third kappa shape index (κ3) is 4.33. The molecular weight excluding hydrogens is 314 g/mol. The quantitative estimate of drug-likeness (QED) is 0.835. The molecule has 1 aliphatic carbocycles. The first-order chi connectivity index (χ1) is 12.2. The Bertz CT molecular complexity index is 605. The number of nitrogens with one attached hydrogen (secondary N) is 2. The summed E-state index contributed by atoms with van der Waals surface area (Å²) in [7, 11) is 0. The lowest BCUT2D eigenvalue weighted by Gasteiger charge is -2.36. The van der Waals surface area contributed by atoms with Crippen molar-refractivity contribution in [3.05, 3.63) is 29.8 Å². The molecule has 1 aliphatic heterocycles. The highest BCUT2D eigenvalue weighted by molar-refractivity contribution is 5.99. The predicted molar refractivity (Wildman–Crippen MR) is 99.8 cm³/mol. The van der Waals surface area contributed by atoms with Crippen LogP contribution in [-0.2, 0) is 4.79 Å². The van der Waals surface area contributed by atoms with Crippen LogP contribution in [0, 0.1) is 5.92 Å². The second kappa shape index (κ2) is 8.37. The summed E-state index contributed by atoms with van der Waals surface area (Å²) in [5.74, 6) is 0.489. The van der Waals surface area contributed by atoms with Crippen molar-refractivity contribution in [3.63, 3.8) is 0 Å². The SMILES string of the molecule is CCCNC(=O)c1ccccc1N1CCC(NC(=O)C2CCC2)CC1. The smallest absolute Gasteiger partial charge is 0.253 e. The number of para-hydroxylation sites is 1. The summed E-state index contributed by atoms with van der Waals surface area (Å²) >= 11 is 0. The van der Waals surface area contributed by atoms with Gasteiger partial charge >= 0.3 is 0 Å². The molecule has 1 aromatic carbocycles. The third-order valence-electron chi connectivity index (χ3n) is 5.34. The number of nitrogens with zero attached hydrogens (tertiary/aromatic N) is 1. The molecule has 0 atom stereocenters. The summed E-state index contributed by atoms with van der Waals surface area (Å²) in [6.07, 6.45) is 6.08. The molecule has 3 rings (SSSR count). The Labute approximate surface area is 150 Å². The fourth-order valence-corrected chi connectivity index (χ4v) is 3.53. The minimum absolute atomic E-state index is 0.00198. The molecule has 2 N–H and O–H groups in total. The summed E-state index contributed by atoms with van der Waals surface area (Å²) in [6.45, 7) is 4.48. The number of amides is 2. The van der Waals surface area contributed by atoms with Crippen LogP contribution in [-0.4, -0.2) is 37.5 Å². The van der Waals surface area contributed by atoms with Crippen molar-refractivity contribution < 1.29 is 9.59 Å². The Hall–Kier alpha value is -2.04. The second-order valence-corrected chi connectivity index (χ2v) is 7.17. The van der Waals surface area contributed by atoms with E-state index in [0.717, 1.165) is 56.4 Å². The van der Waals surface area contributed by atoms with Gasteiger partial charge in [0.25, 0.3) is 5.91 Å². The van der Waals surface area contributed by atoms with Crippen LogP contribution in [0.3, 0.4) is 0 Å². The van der Waals surface area contributed by atoms with E-state index < -0.39 is 0 Å². The lowest BCUT2D eigenvalue weighted by atomic mass is 9.84. The molecule has 0 spiro atoms. The van der Waals surface area contributed by atoms with Gasteiger partial charge < -0.3 is 15.5 Å². The van der Waals surface area contributed by atoms with Gasteiger partial charge in [-0.15, -0.1) is 0 Å². The number of benzene rings is 1. The van der Waals surface area contributed by atoms with Crippen LogP contribution in [0.25, 0.3) is 0 Å². The highest BCUT2D eigenvalue weighted by Gasteiger charge is 2.29. The van der Waals surface area contributed by atoms with Gasteiger partial charge in [-0.05, 0) is 44.2 Å². The van der Waals surface area contributed by atoms with E-state index in [0.29, 0.717) is 6.54 Å². The molecule has 1 saturated carbocycles. The molecule has 1 saturated heterocycles. The average molecular weight is 343 g/mol. The van der Waals surface area contributed by atoms with E-state index in [1.807, 2.05) is 24.3 Å². The van der Waals surface area contributed by atoms with Crippen LogP contribution >= 0.6 is 0 Å². The number of carbonyl (C=O) groups excluding carboxylic acids is 2. The molecule has 1 heterocycles. The van der Waals surface area contributed by atoms with Crippen molar-refractivity contribution in [3.8, 4) is 0 Å². The average Bonchev–Trinajstić information content (AvgIpc) is 2.59. The van der Waals surface area contributed by atoms with Crippen molar-refractivity contribution in [1.82, 2.24) is 10.6 Å². The molecule has 0 radical (unpaired) electrons. The van der Waals surface area contributed by atoms with Crippen LogP contribution in [0.5, 0.6) is 0 Å². The van der Waals surface area contributed by atoms with E-state index in [-0.39, 0.29) is 23.8 Å². The van der Waals surface area contributed by atoms with Crippen LogP contribution in [0.2, 0.25) is 0 Å². The van der Waals surface area contributed by atoms with Gasteiger partial charge in [0.15, 0.2) is 0 Å². The first-order valence-electron chi connectivity index (χ1n) is 9.61. The lowest BCUT2D eigenvalue weighted by molar-refractivity contribution is -0.128. The normalized spacial score (nSPS) is 18.5. The highest BCUT2D eigenvalue weighted by Crippen LogP contribution is 2.28. The molecule has 136 valence electrons. The van der Waals surface area contributed by atoms with Gasteiger partial charge in [-0.2, -0.15) is 0 Å². The summed E-state index contributed by atoms with van der Waals surface area (Å²) in [5.41, 5.74) is 1.74. The van der Waals surface area contributed by atoms with Gasteiger partial charge in [0.1, 0.15) is 0 Å². The maximum Gasteiger partial charge on any atom is 0.253 e. The summed E-state index contributed by atoms with van der Waals surface area (Å²) in [5, 5.41) is 6.18. The number of hydrogen-bond acceptors (Lipinski definition) is 3. The van der Waals surface area contributed by atoms with Crippen molar-refractivity contribution in [2.24, 2.45) is 5.92 Å². The summed E-state index contributed by atoms with van der Waals surface area (Å²) in [4.78, 5) is 26.8. The summed E-state index contributed by atoms with van der Waals surface area (Å²) in [6, 6.07) is 8.08. The van der Waals surface area contributed by atoms with Gasteiger partial charge in [0.2, 0.25) is 5.91 Å². The van der Waals surface area contributed by atoms with Gasteiger partial charge in [-0.3, -0.25) is 9.59 Å². The van der Waals surface area contributed by atoms with Crippen LogP contribution in [0.1, 0.15) is 55.8 Å². The highest BCUT2D eigenvalue weighted by atomic mass is 16.2. The minimum atomic E-state index is -0.00198.